The molecule has 0 amide bonds. The maximum atomic E-state index is 12.5. The van der Waals surface area contributed by atoms with E-state index in [2.05, 4.69) is 4.90 Å². The van der Waals surface area contributed by atoms with E-state index in [0.29, 0.717) is 12.5 Å². The third kappa shape index (κ3) is 2.52. The minimum atomic E-state index is -4.27. The molecule has 0 saturated carbocycles. The number of nitrogens with two attached hydrogens (primary N) is 1. The van der Waals surface area contributed by atoms with E-state index >= 15 is 0 Å². The Hall–Kier alpha value is -1.07. The molecule has 1 aromatic carbocycles. The molecule has 2 atom stereocenters. The van der Waals surface area contributed by atoms with E-state index in [1.165, 1.54) is 0 Å². The number of nitrogens with zero attached hydrogens (tertiary/aromatic N) is 1. The van der Waals surface area contributed by atoms with Crippen LogP contribution in [0, 0.1) is 5.92 Å². The fourth-order valence-corrected chi connectivity index (χ4v) is 2.67. The van der Waals surface area contributed by atoms with E-state index in [1.54, 1.807) is 12.1 Å². The molecule has 1 heterocycles. The van der Waals surface area contributed by atoms with Crippen LogP contribution < -0.4 is 5.73 Å². The van der Waals surface area contributed by atoms with Gasteiger partial charge in [-0.1, -0.05) is 12.1 Å². The number of rotatable bonds is 2. The third-order valence-electron chi connectivity index (χ3n) is 3.66. The van der Waals surface area contributed by atoms with Crippen molar-refractivity contribution in [2.75, 3.05) is 20.1 Å². The summed E-state index contributed by atoms with van der Waals surface area (Å²) >= 11 is 0. The Kier molecular flexibility index (Phi) is 3.64. The largest absolute Gasteiger partial charge is 0.416 e. The Labute approximate surface area is 105 Å². The second-order valence-corrected chi connectivity index (χ2v) is 4.83. The smallest absolute Gasteiger partial charge is 0.330 e. The molecule has 5 heteroatoms. The van der Waals surface area contributed by atoms with Crippen LogP contribution in [0.25, 0.3) is 0 Å². The van der Waals surface area contributed by atoms with E-state index in [0.717, 1.165) is 30.7 Å². The van der Waals surface area contributed by atoms with E-state index < -0.39 is 11.7 Å². The maximum Gasteiger partial charge on any atom is 0.416 e. The normalized spacial score (nSPS) is 25.6. The number of benzene rings is 1. The first-order chi connectivity index (χ1) is 8.43. The molecule has 2 rings (SSSR count). The average Bonchev–Trinajstić information content (AvgIpc) is 2.69. The third-order valence-corrected chi connectivity index (χ3v) is 3.66. The van der Waals surface area contributed by atoms with Crippen molar-refractivity contribution in [2.45, 2.75) is 18.6 Å². The topological polar surface area (TPSA) is 29.3 Å². The molecule has 1 fully saturated rings. The van der Waals surface area contributed by atoms with E-state index in [1.807, 2.05) is 7.05 Å². The van der Waals surface area contributed by atoms with Crippen molar-refractivity contribution in [2.24, 2.45) is 11.7 Å². The standard InChI is InChI=1S/C13H17F3N2/c1-18-7-6-10(8-17)12(18)9-2-4-11(5-3-9)13(14,15)16/h2-5,10,12H,6-8,17H2,1H3/t10-,12-/m0/s1. The van der Waals surface area contributed by atoms with Crippen molar-refractivity contribution in [3.8, 4) is 0 Å². The molecule has 0 aromatic heterocycles. The molecule has 0 radical (unpaired) electrons. The molecule has 0 unspecified atom stereocenters. The summed E-state index contributed by atoms with van der Waals surface area (Å²) in [6.45, 7) is 1.50. The lowest BCUT2D eigenvalue weighted by Gasteiger charge is -2.25. The lowest BCUT2D eigenvalue weighted by atomic mass is 9.93. The highest BCUT2D eigenvalue weighted by atomic mass is 19.4. The van der Waals surface area contributed by atoms with Crippen LogP contribution in [0.5, 0.6) is 0 Å². The molecule has 0 aliphatic carbocycles. The number of likely N-dealkylation sites (tertiary alicyclic amines) is 1. The summed E-state index contributed by atoms with van der Waals surface area (Å²) in [6.07, 6.45) is -3.27. The molecule has 1 saturated heterocycles. The van der Waals surface area contributed by atoms with Gasteiger partial charge in [-0.3, -0.25) is 4.90 Å². The van der Waals surface area contributed by atoms with Crippen molar-refractivity contribution in [3.05, 3.63) is 35.4 Å². The molecule has 18 heavy (non-hydrogen) atoms. The first-order valence-corrected chi connectivity index (χ1v) is 6.01. The van der Waals surface area contributed by atoms with Gasteiger partial charge in [0.2, 0.25) is 0 Å². The minimum Gasteiger partial charge on any atom is -0.330 e. The van der Waals surface area contributed by atoms with Gasteiger partial charge < -0.3 is 5.73 Å². The fourth-order valence-electron chi connectivity index (χ4n) is 2.67. The summed E-state index contributed by atoms with van der Waals surface area (Å²) in [5.74, 6) is 0.326. The summed E-state index contributed by atoms with van der Waals surface area (Å²) in [5, 5.41) is 0. The lowest BCUT2D eigenvalue weighted by molar-refractivity contribution is -0.137. The number of hydrogen-bond donors (Lipinski definition) is 1. The second kappa shape index (κ2) is 4.90. The van der Waals surface area contributed by atoms with E-state index in [4.69, 9.17) is 5.73 Å². The highest BCUT2D eigenvalue weighted by Gasteiger charge is 2.33. The summed E-state index contributed by atoms with van der Waals surface area (Å²) in [6, 6.07) is 5.57. The number of alkyl halides is 3. The Morgan fingerprint density at radius 3 is 2.39 bits per heavy atom. The number of halogens is 3. The van der Waals surface area contributed by atoms with Crippen LogP contribution in [0.2, 0.25) is 0 Å². The molecule has 0 spiro atoms. The molecular weight excluding hydrogens is 241 g/mol. The van der Waals surface area contributed by atoms with E-state index in [9.17, 15) is 13.2 Å². The molecule has 0 bridgehead atoms. The van der Waals surface area contributed by atoms with Gasteiger partial charge in [-0.05, 0) is 50.2 Å². The van der Waals surface area contributed by atoms with Gasteiger partial charge in [-0.15, -0.1) is 0 Å². The Morgan fingerprint density at radius 1 is 1.28 bits per heavy atom. The molecule has 100 valence electrons. The predicted octanol–water partition coefficient (Wildman–Crippen LogP) is 2.66. The van der Waals surface area contributed by atoms with Gasteiger partial charge in [0.05, 0.1) is 5.56 Å². The quantitative estimate of drug-likeness (QED) is 0.883. The van der Waals surface area contributed by atoms with Gasteiger partial charge in [-0.25, -0.2) is 0 Å². The van der Waals surface area contributed by atoms with Crippen LogP contribution in [0.4, 0.5) is 13.2 Å². The van der Waals surface area contributed by atoms with Gasteiger partial charge in [0.15, 0.2) is 0 Å². The van der Waals surface area contributed by atoms with Gasteiger partial charge in [0, 0.05) is 6.04 Å². The molecule has 2 N–H and O–H groups in total. The van der Waals surface area contributed by atoms with Gasteiger partial charge >= 0.3 is 6.18 Å². The molecule has 1 aliphatic heterocycles. The highest BCUT2D eigenvalue weighted by molar-refractivity contribution is 5.28. The van der Waals surface area contributed by atoms with Crippen LogP contribution in [-0.4, -0.2) is 25.0 Å². The van der Waals surface area contributed by atoms with Crippen LogP contribution >= 0.6 is 0 Å². The van der Waals surface area contributed by atoms with Crippen molar-refractivity contribution >= 4 is 0 Å². The van der Waals surface area contributed by atoms with Crippen molar-refractivity contribution < 1.29 is 13.2 Å². The van der Waals surface area contributed by atoms with E-state index in [-0.39, 0.29) is 6.04 Å². The monoisotopic (exact) mass is 258 g/mol. The molecular formula is C13H17F3N2. The molecule has 1 aliphatic rings. The van der Waals surface area contributed by atoms with Crippen LogP contribution in [-0.2, 0) is 6.18 Å². The lowest BCUT2D eigenvalue weighted by Crippen LogP contribution is -2.25. The van der Waals surface area contributed by atoms with Gasteiger partial charge in [0.1, 0.15) is 0 Å². The number of hydrogen-bond acceptors (Lipinski definition) is 2. The van der Waals surface area contributed by atoms with Crippen LogP contribution in [0.15, 0.2) is 24.3 Å². The van der Waals surface area contributed by atoms with Crippen LogP contribution in [0.3, 0.4) is 0 Å². The summed E-state index contributed by atoms with van der Waals surface area (Å²) in [5.41, 5.74) is 6.03. The SMILES string of the molecule is CN1CC[C@@H](CN)[C@@H]1c1ccc(C(F)(F)F)cc1. The van der Waals surface area contributed by atoms with Crippen molar-refractivity contribution in [1.29, 1.82) is 0 Å². The molecule has 1 aromatic rings. The zero-order valence-corrected chi connectivity index (χ0v) is 10.2. The first-order valence-electron chi connectivity index (χ1n) is 6.01. The Morgan fingerprint density at radius 2 is 1.89 bits per heavy atom. The van der Waals surface area contributed by atoms with Crippen LogP contribution in [0.1, 0.15) is 23.6 Å². The zero-order valence-electron chi connectivity index (χ0n) is 10.2. The van der Waals surface area contributed by atoms with Gasteiger partial charge in [-0.2, -0.15) is 13.2 Å². The highest BCUT2D eigenvalue weighted by Crippen LogP contribution is 2.37. The summed E-state index contributed by atoms with van der Waals surface area (Å²) in [4.78, 5) is 2.15. The minimum absolute atomic E-state index is 0.136. The zero-order chi connectivity index (χ0) is 13.3. The fraction of sp³-hybridized carbons (Fsp3) is 0.538. The average molecular weight is 258 g/mol. The van der Waals surface area contributed by atoms with Gasteiger partial charge in [0.25, 0.3) is 0 Å². The summed E-state index contributed by atoms with van der Waals surface area (Å²) in [7, 11) is 1.98. The first kappa shape index (κ1) is 13.4. The maximum absolute atomic E-state index is 12.5. The van der Waals surface area contributed by atoms with Crippen molar-refractivity contribution in [1.82, 2.24) is 4.90 Å². The Bertz CT molecular complexity index is 400. The van der Waals surface area contributed by atoms with Crippen molar-refractivity contribution in [3.63, 3.8) is 0 Å². The molecule has 2 nitrogen and oxygen atoms in total. The summed E-state index contributed by atoms with van der Waals surface area (Å²) < 4.78 is 37.5. The second-order valence-electron chi connectivity index (χ2n) is 4.83. The predicted molar refractivity (Wildman–Crippen MR) is 64.0 cm³/mol. The Balaban J connectivity index is 2.23.